The number of aromatic nitrogens is 1. The topological polar surface area (TPSA) is 18.1 Å². The Bertz CT molecular complexity index is 3080. The number of benzene rings is 8. The molecule has 258 valence electrons. The van der Waals surface area contributed by atoms with Crippen LogP contribution in [0.1, 0.15) is 22.3 Å². The van der Waals surface area contributed by atoms with Crippen LogP contribution in [0.4, 0.5) is 0 Å². The second-order valence-electron chi connectivity index (χ2n) is 14.7. The molecule has 0 saturated heterocycles. The van der Waals surface area contributed by atoms with Crippen molar-refractivity contribution < 1.29 is 4.42 Å². The van der Waals surface area contributed by atoms with Gasteiger partial charge in [-0.2, -0.15) is 0 Å². The van der Waals surface area contributed by atoms with Crippen LogP contribution in [0.2, 0.25) is 0 Å². The molecule has 2 heterocycles. The second-order valence-corrected chi connectivity index (χ2v) is 14.7. The highest BCUT2D eigenvalue weighted by Gasteiger charge is 2.18. The maximum atomic E-state index is 6.50. The lowest BCUT2D eigenvalue weighted by Gasteiger charge is -2.14. The van der Waals surface area contributed by atoms with E-state index >= 15 is 0 Å². The molecule has 0 amide bonds. The molecule has 0 N–H and O–H groups in total. The van der Waals surface area contributed by atoms with Gasteiger partial charge in [0.05, 0.1) is 11.0 Å². The van der Waals surface area contributed by atoms with E-state index in [1.54, 1.807) is 0 Å². The van der Waals surface area contributed by atoms with Crippen molar-refractivity contribution in [1.29, 1.82) is 0 Å². The number of nitrogens with zero attached hydrogens (tertiary/aromatic N) is 1. The number of aryl methyl sites for hydroxylation is 4. The van der Waals surface area contributed by atoms with E-state index in [0.29, 0.717) is 0 Å². The van der Waals surface area contributed by atoms with Gasteiger partial charge in [-0.15, -0.1) is 0 Å². The third kappa shape index (κ3) is 5.09. The minimum Gasteiger partial charge on any atom is -0.456 e. The summed E-state index contributed by atoms with van der Waals surface area (Å²) in [6, 6.07) is 59.7. The molecule has 8 aromatic carbocycles. The molecular weight excluding hydrogens is 655 g/mol. The summed E-state index contributed by atoms with van der Waals surface area (Å²) in [5, 5.41) is 4.81. The molecule has 0 fully saturated rings. The summed E-state index contributed by atoms with van der Waals surface area (Å²) in [5.74, 6) is 0. The minimum absolute atomic E-state index is 0.899. The SMILES string of the molecule is Cc1ccccc1-c1cc(-c2cccc3oc4ccc(-c5ccc(C)c(-c6cc7c8ccccc8n(-c8ccccc8)c7cc6C)c5)cc4c23)ccc1C. The Morgan fingerprint density at radius 3 is 1.81 bits per heavy atom. The van der Waals surface area contributed by atoms with E-state index in [1.807, 2.05) is 0 Å². The van der Waals surface area contributed by atoms with Crippen LogP contribution in [0.25, 0.3) is 93.9 Å². The zero-order valence-corrected chi connectivity index (χ0v) is 30.9. The van der Waals surface area contributed by atoms with Crippen LogP contribution in [-0.4, -0.2) is 4.57 Å². The fraction of sp³-hybridized carbons (Fsp3) is 0.0769. The van der Waals surface area contributed by atoms with Gasteiger partial charge in [0.2, 0.25) is 0 Å². The fourth-order valence-corrected chi connectivity index (χ4v) is 8.56. The van der Waals surface area contributed by atoms with Crippen molar-refractivity contribution in [3.8, 4) is 50.2 Å². The van der Waals surface area contributed by atoms with Crippen LogP contribution >= 0.6 is 0 Å². The lowest BCUT2D eigenvalue weighted by atomic mass is 9.90. The van der Waals surface area contributed by atoms with Crippen molar-refractivity contribution in [3.63, 3.8) is 0 Å². The van der Waals surface area contributed by atoms with Gasteiger partial charge in [-0.05, 0) is 155 Å². The molecule has 0 atom stereocenters. The summed E-state index contributed by atoms with van der Waals surface area (Å²) in [6.07, 6.45) is 0. The summed E-state index contributed by atoms with van der Waals surface area (Å²) in [7, 11) is 0. The van der Waals surface area contributed by atoms with Crippen LogP contribution in [0.5, 0.6) is 0 Å². The van der Waals surface area contributed by atoms with Gasteiger partial charge in [0.1, 0.15) is 11.2 Å². The minimum atomic E-state index is 0.899. The molecule has 0 aliphatic rings. The maximum absolute atomic E-state index is 6.50. The molecular formula is C52H39NO. The predicted molar refractivity (Wildman–Crippen MR) is 229 cm³/mol. The molecule has 10 rings (SSSR count). The van der Waals surface area contributed by atoms with Crippen molar-refractivity contribution in [3.05, 3.63) is 186 Å². The summed E-state index contributed by atoms with van der Waals surface area (Å²) in [5.41, 5.74) is 20.3. The molecule has 0 spiro atoms. The fourth-order valence-electron chi connectivity index (χ4n) is 8.56. The molecule has 0 radical (unpaired) electrons. The quantitative estimate of drug-likeness (QED) is 0.175. The molecule has 2 nitrogen and oxygen atoms in total. The highest BCUT2D eigenvalue weighted by molar-refractivity contribution is 6.14. The maximum Gasteiger partial charge on any atom is 0.136 e. The van der Waals surface area contributed by atoms with Crippen molar-refractivity contribution in [1.82, 2.24) is 4.57 Å². The first-order valence-corrected chi connectivity index (χ1v) is 18.8. The number of hydrogen-bond donors (Lipinski definition) is 0. The molecule has 2 heteroatoms. The van der Waals surface area contributed by atoms with Crippen LogP contribution in [-0.2, 0) is 0 Å². The highest BCUT2D eigenvalue weighted by atomic mass is 16.3. The van der Waals surface area contributed by atoms with Gasteiger partial charge in [0.15, 0.2) is 0 Å². The number of para-hydroxylation sites is 2. The molecule has 0 aliphatic carbocycles. The zero-order valence-electron chi connectivity index (χ0n) is 30.9. The van der Waals surface area contributed by atoms with E-state index in [4.69, 9.17) is 4.42 Å². The van der Waals surface area contributed by atoms with E-state index in [1.165, 1.54) is 94.3 Å². The Morgan fingerprint density at radius 1 is 0.352 bits per heavy atom. The molecule has 2 aromatic heterocycles. The summed E-state index contributed by atoms with van der Waals surface area (Å²) >= 11 is 0. The molecule has 54 heavy (non-hydrogen) atoms. The first-order chi connectivity index (χ1) is 26.4. The lowest BCUT2D eigenvalue weighted by molar-refractivity contribution is 0.669. The average molecular weight is 694 g/mol. The summed E-state index contributed by atoms with van der Waals surface area (Å²) < 4.78 is 8.89. The average Bonchev–Trinajstić information content (AvgIpc) is 3.73. The third-order valence-electron chi connectivity index (χ3n) is 11.4. The molecule has 0 bridgehead atoms. The number of rotatable bonds is 5. The summed E-state index contributed by atoms with van der Waals surface area (Å²) in [4.78, 5) is 0. The van der Waals surface area contributed by atoms with Gasteiger partial charge >= 0.3 is 0 Å². The van der Waals surface area contributed by atoms with Gasteiger partial charge in [-0.1, -0.05) is 103 Å². The molecule has 10 aromatic rings. The van der Waals surface area contributed by atoms with Crippen molar-refractivity contribution in [2.75, 3.05) is 0 Å². The molecule has 0 unspecified atom stereocenters. The first kappa shape index (κ1) is 32.0. The summed E-state index contributed by atoms with van der Waals surface area (Å²) in [6.45, 7) is 8.86. The van der Waals surface area contributed by atoms with Crippen molar-refractivity contribution in [2.24, 2.45) is 0 Å². The lowest BCUT2D eigenvalue weighted by Crippen LogP contribution is -1.94. The van der Waals surface area contributed by atoms with E-state index in [-0.39, 0.29) is 0 Å². The van der Waals surface area contributed by atoms with Crippen LogP contribution in [0.15, 0.2) is 168 Å². The van der Waals surface area contributed by atoms with E-state index in [2.05, 4.69) is 196 Å². The standard InChI is InChI=1S/C52H39NO/c1-32-13-8-9-16-40(32)43-30-38(24-22-33(43)2)41-18-12-20-51-52(41)47-29-37(25-26-50(47)54-51)36-23-21-34(3)44(28-36)45-31-46-42-17-10-11-19-48(42)53(49(46)27-35(45)4)39-14-6-5-7-15-39/h5-31H,1-4H3. The van der Waals surface area contributed by atoms with Gasteiger partial charge in [-0.3, -0.25) is 0 Å². The normalized spacial score (nSPS) is 11.7. The number of fused-ring (bicyclic) bond motifs is 6. The van der Waals surface area contributed by atoms with Gasteiger partial charge in [0.25, 0.3) is 0 Å². The number of hydrogen-bond acceptors (Lipinski definition) is 1. The Hall–Kier alpha value is -6.64. The Balaban J connectivity index is 1.11. The second kappa shape index (κ2) is 12.5. The van der Waals surface area contributed by atoms with Gasteiger partial charge < -0.3 is 8.98 Å². The number of furan rings is 1. The van der Waals surface area contributed by atoms with E-state index in [0.717, 1.165) is 21.9 Å². The smallest absolute Gasteiger partial charge is 0.136 e. The first-order valence-electron chi connectivity index (χ1n) is 18.8. The highest BCUT2D eigenvalue weighted by Crippen LogP contribution is 2.42. The monoisotopic (exact) mass is 693 g/mol. The molecule has 0 aliphatic heterocycles. The largest absolute Gasteiger partial charge is 0.456 e. The van der Waals surface area contributed by atoms with Gasteiger partial charge in [-0.25, -0.2) is 0 Å². The zero-order chi connectivity index (χ0) is 36.5. The predicted octanol–water partition coefficient (Wildman–Crippen LogP) is 14.6. The Kier molecular flexibility index (Phi) is 7.42. The van der Waals surface area contributed by atoms with Crippen LogP contribution in [0, 0.1) is 27.7 Å². The van der Waals surface area contributed by atoms with Crippen molar-refractivity contribution >= 4 is 43.7 Å². The van der Waals surface area contributed by atoms with Crippen LogP contribution < -0.4 is 0 Å². The Morgan fingerprint density at radius 2 is 0.981 bits per heavy atom. The third-order valence-corrected chi connectivity index (χ3v) is 11.4. The van der Waals surface area contributed by atoms with E-state index in [9.17, 15) is 0 Å². The van der Waals surface area contributed by atoms with E-state index < -0.39 is 0 Å². The van der Waals surface area contributed by atoms with Crippen LogP contribution in [0.3, 0.4) is 0 Å². The Labute approximate surface area is 315 Å². The molecule has 0 saturated carbocycles. The van der Waals surface area contributed by atoms with Gasteiger partial charge in [0, 0.05) is 27.2 Å². The van der Waals surface area contributed by atoms with Crippen molar-refractivity contribution in [2.45, 2.75) is 27.7 Å².